The van der Waals surface area contributed by atoms with Crippen LogP contribution in [0.25, 0.3) is 0 Å². The molecule has 0 bridgehead atoms. The van der Waals surface area contributed by atoms with Crippen LogP contribution in [0.2, 0.25) is 0 Å². The van der Waals surface area contributed by atoms with Gasteiger partial charge in [-0.2, -0.15) is 5.26 Å². The van der Waals surface area contributed by atoms with Crippen molar-refractivity contribution in [3.8, 4) is 6.07 Å². The van der Waals surface area contributed by atoms with E-state index in [2.05, 4.69) is 0 Å². The van der Waals surface area contributed by atoms with Crippen LogP contribution in [0.3, 0.4) is 0 Å². The van der Waals surface area contributed by atoms with E-state index in [1.165, 1.54) is 12.1 Å². The van der Waals surface area contributed by atoms with Gasteiger partial charge < -0.3 is 5.11 Å². The first-order valence-corrected chi connectivity index (χ1v) is 3.29. The predicted octanol–water partition coefficient (Wildman–Crippen LogP) is 1.32. The van der Waals surface area contributed by atoms with Crippen LogP contribution < -0.4 is 0 Å². The first kappa shape index (κ1) is 6.78. The highest BCUT2D eigenvalue weighted by molar-refractivity contribution is 7.14. The number of nitrogens with zero attached hydrogens (tertiary/aromatic N) is 1. The standard InChI is InChI=1S/C6H3NO2S/c7-3-4-1-2-5(10-4)6(8)9/h1-2H,(H,8,9). The zero-order valence-corrected chi connectivity index (χ0v) is 5.68. The number of carbonyl (C=O) groups is 1. The summed E-state index contributed by atoms with van der Waals surface area (Å²) in [6, 6.07) is 4.77. The summed E-state index contributed by atoms with van der Waals surface area (Å²) >= 11 is 0.980. The highest BCUT2D eigenvalue weighted by atomic mass is 32.1. The molecular weight excluding hydrogens is 150 g/mol. The van der Waals surface area contributed by atoms with Gasteiger partial charge in [0.15, 0.2) is 0 Å². The highest BCUT2D eigenvalue weighted by Crippen LogP contribution is 2.14. The summed E-state index contributed by atoms with van der Waals surface area (Å²) in [5.41, 5.74) is 0. The Balaban J connectivity index is 3.02. The normalized spacial score (nSPS) is 8.70. The molecular formula is C6H3NO2S. The Morgan fingerprint density at radius 2 is 2.40 bits per heavy atom. The van der Waals surface area contributed by atoms with E-state index in [9.17, 15) is 4.79 Å². The Bertz CT molecular complexity index is 297. The molecule has 4 heteroatoms. The third-order valence-corrected chi connectivity index (χ3v) is 1.90. The Morgan fingerprint density at radius 1 is 1.70 bits per heavy atom. The largest absolute Gasteiger partial charge is 0.477 e. The maximum atomic E-state index is 10.2. The number of rotatable bonds is 1. The minimum Gasteiger partial charge on any atom is -0.477 e. The molecule has 0 aliphatic heterocycles. The summed E-state index contributed by atoms with van der Waals surface area (Å²) in [4.78, 5) is 10.9. The average molecular weight is 153 g/mol. The van der Waals surface area contributed by atoms with Gasteiger partial charge in [-0.25, -0.2) is 4.79 Å². The number of nitriles is 1. The van der Waals surface area contributed by atoms with Crippen molar-refractivity contribution >= 4 is 17.3 Å². The van der Waals surface area contributed by atoms with E-state index in [1.54, 1.807) is 0 Å². The van der Waals surface area contributed by atoms with Gasteiger partial charge in [0.25, 0.3) is 0 Å². The molecule has 10 heavy (non-hydrogen) atoms. The lowest BCUT2D eigenvalue weighted by Crippen LogP contribution is -1.89. The molecule has 1 aromatic heterocycles. The van der Waals surface area contributed by atoms with E-state index in [1.807, 2.05) is 6.07 Å². The molecule has 1 N–H and O–H groups in total. The van der Waals surface area contributed by atoms with Crippen molar-refractivity contribution in [1.29, 1.82) is 5.26 Å². The van der Waals surface area contributed by atoms with Crippen LogP contribution in [0.5, 0.6) is 0 Å². The van der Waals surface area contributed by atoms with E-state index in [4.69, 9.17) is 10.4 Å². The average Bonchev–Trinajstić information content (AvgIpc) is 2.34. The van der Waals surface area contributed by atoms with Crippen molar-refractivity contribution in [2.75, 3.05) is 0 Å². The van der Waals surface area contributed by atoms with E-state index in [0.29, 0.717) is 4.88 Å². The van der Waals surface area contributed by atoms with E-state index >= 15 is 0 Å². The van der Waals surface area contributed by atoms with Gasteiger partial charge in [0.2, 0.25) is 0 Å². The van der Waals surface area contributed by atoms with Gasteiger partial charge in [-0.1, -0.05) is 0 Å². The number of carboxylic acids is 1. The molecule has 50 valence electrons. The smallest absolute Gasteiger partial charge is 0.345 e. The summed E-state index contributed by atoms with van der Waals surface area (Å²) < 4.78 is 0. The minimum absolute atomic E-state index is 0.205. The predicted molar refractivity (Wildman–Crippen MR) is 36.0 cm³/mol. The maximum absolute atomic E-state index is 10.2. The summed E-state index contributed by atoms with van der Waals surface area (Å²) in [6.45, 7) is 0. The lowest BCUT2D eigenvalue weighted by Gasteiger charge is -1.79. The van der Waals surface area contributed by atoms with Crippen molar-refractivity contribution in [3.05, 3.63) is 21.9 Å². The van der Waals surface area contributed by atoms with Gasteiger partial charge in [0.1, 0.15) is 15.8 Å². The molecule has 0 spiro atoms. The molecule has 0 amide bonds. The lowest BCUT2D eigenvalue weighted by molar-refractivity contribution is 0.0702. The van der Waals surface area contributed by atoms with Crippen LogP contribution >= 0.6 is 11.3 Å². The second kappa shape index (κ2) is 2.50. The second-order valence-electron chi connectivity index (χ2n) is 1.58. The zero-order chi connectivity index (χ0) is 7.56. The number of hydrogen-bond acceptors (Lipinski definition) is 3. The highest BCUT2D eigenvalue weighted by Gasteiger charge is 2.04. The number of carboxylic acid groups (broad SMARTS) is 1. The van der Waals surface area contributed by atoms with Crippen LogP contribution in [-0.2, 0) is 0 Å². The van der Waals surface area contributed by atoms with Gasteiger partial charge in [0.05, 0.1) is 0 Å². The fourth-order valence-corrected chi connectivity index (χ4v) is 1.15. The van der Waals surface area contributed by atoms with Crippen LogP contribution in [0, 0.1) is 11.3 Å². The van der Waals surface area contributed by atoms with Crippen molar-refractivity contribution in [1.82, 2.24) is 0 Å². The fraction of sp³-hybridized carbons (Fsp3) is 0. The van der Waals surface area contributed by atoms with Crippen molar-refractivity contribution < 1.29 is 9.90 Å². The number of aromatic carboxylic acids is 1. The van der Waals surface area contributed by atoms with E-state index in [-0.39, 0.29) is 4.88 Å². The van der Waals surface area contributed by atoms with E-state index in [0.717, 1.165) is 11.3 Å². The number of hydrogen-bond donors (Lipinski definition) is 1. The van der Waals surface area contributed by atoms with Gasteiger partial charge >= 0.3 is 5.97 Å². The third-order valence-electron chi connectivity index (χ3n) is 0.927. The molecule has 1 rings (SSSR count). The van der Waals surface area contributed by atoms with Crippen molar-refractivity contribution in [3.63, 3.8) is 0 Å². The van der Waals surface area contributed by atoms with Gasteiger partial charge in [-0.05, 0) is 12.1 Å². The molecule has 0 aliphatic rings. The Kier molecular flexibility index (Phi) is 1.69. The monoisotopic (exact) mass is 153 g/mol. The van der Waals surface area contributed by atoms with E-state index < -0.39 is 5.97 Å². The summed E-state index contributed by atoms with van der Waals surface area (Å²) in [7, 11) is 0. The van der Waals surface area contributed by atoms with Gasteiger partial charge in [0, 0.05) is 0 Å². The summed E-state index contributed by atoms with van der Waals surface area (Å²) in [5, 5.41) is 16.7. The van der Waals surface area contributed by atoms with Crippen molar-refractivity contribution in [2.45, 2.75) is 0 Å². The molecule has 0 aliphatic carbocycles. The molecule has 0 unspecified atom stereocenters. The first-order valence-electron chi connectivity index (χ1n) is 2.47. The molecule has 1 aromatic rings. The molecule has 0 fully saturated rings. The Hall–Kier alpha value is -1.34. The Labute approximate surface area is 61.1 Å². The fourth-order valence-electron chi connectivity index (χ4n) is 0.513. The Morgan fingerprint density at radius 3 is 2.70 bits per heavy atom. The minimum atomic E-state index is -0.980. The molecule has 0 radical (unpaired) electrons. The van der Waals surface area contributed by atoms with Gasteiger partial charge in [-0.15, -0.1) is 11.3 Å². The molecule has 0 aromatic carbocycles. The first-order chi connectivity index (χ1) is 4.74. The second-order valence-corrected chi connectivity index (χ2v) is 2.66. The summed E-state index contributed by atoms with van der Waals surface area (Å²) in [5.74, 6) is -0.980. The molecule has 0 saturated heterocycles. The maximum Gasteiger partial charge on any atom is 0.345 e. The van der Waals surface area contributed by atoms with Crippen molar-refractivity contribution in [2.24, 2.45) is 0 Å². The molecule has 0 atom stereocenters. The SMILES string of the molecule is N#Cc1ccc(C(=O)O)s1. The van der Waals surface area contributed by atoms with Crippen LogP contribution in [0.15, 0.2) is 12.1 Å². The molecule has 3 nitrogen and oxygen atoms in total. The zero-order valence-electron chi connectivity index (χ0n) is 4.87. The van der Waals surface area contributed by atoms with Crippen LogP contribution in [0.4, 0.5) is 0 Å². The van der Waals surface area contributed by atoms with Gasteiger partial charge in [-0.3, -0.25) is 0 Å². The molecule has 0 saturated carbocycles. The number of thiophene rings is 1. The lowest BCUT2D eigenvalue weighted by atomic mass is 10.4. The van der Waals surface area contributed by atoms with Crippen LogP contribution in [-0.4, -0.2) is 11.1 Å². The quantitative estimate of drug-likeness (QED) is 0.661. The topological polar surface area (TPSA) is 61.1 Å². The third kappa shape index (κ3) is 1.14. The molecule has 1 heterocycles. The van der Waals surface area contributed by atoms with Crippen LogP contribution in [0.1, 0.15) is 14.5 Å². The summed E-state index contributed by atoms with van der Waals surface area (Å²) in [6.07, 6.45) is 0.